The van der Waals surface area contributed by atoms with E-state index in [4.69, 9.17) is 10.7 Å². The van der Waals surface area contributed by atoms with Gasteiger partial charge in [0, 0.05) is 23.5 Å². The number of nitrogens with one attached hydrogen (secondary N) is 1. The predicted octanol–water partition coefficient (Wildman–Crippen LogP) is 2.16. The van der Waals surface area contributed by atoms with Crippen molar-refractivity contribution in [2.45, 2.75) is 6.92 Å². The summed E-state index contributed by atoms with van der Waals surface area (Å²) in [5.41, 5.74) is 9.14. The smallest absolute Gasteiger partial charge is 0.268 e. The highest BCUT2D eigenvalue weighted by molar-refractivity contribution is 6.04. The van der Waals surface area contributed by atoms with Crippen LogP contribution in [0, 0.1) is 6.92 Å². The van der Waals surface area contributed by atoms with Crippen LogP contribution in [-0.2, 0) is 0 Å². The first-order valence-electron chi connectivity index (χ1n) is 8.53. The molecule has 0 saturated carbocycles. The number of aromatic nitrogens is 7. The molecule has 5 aromatic heterocycles. The number of nitrogens with two attached hydrogens (primary N) is 1. The quantitative estimate of drug-likeness (QED) is 0.501. The van der Waals surface area contributed by atoms with Crippen LogP contribution in [-0.4, -0.2) is 40.4 Å². The first kappa shape index (κ1) is 16.1. The number of hydrogen-bond acceptors (Lipinski definition) is 6. The average molecular weight is 370 g/mol. The molecular formula is C19H14N8O. The van der Waals surface area contributed by atoms with Crippen molar-refractivity contribution >= 4 is 28.0 Å². The highest BCUT2D eigenvalue weighted by Gasteiger charge is 2.17. The number of amides is 1. The summed E-state index contributed by atoms with van der Waals surface area (Å²) in [4.78, 5) is 36.9. The van der Waals surface area contributed by atoms with Crippen molar-refractivity contribution < 1.29 is 4.79 Å². The van der Waals surface area contributed by atoms with E-state index in [1.807, 2.05) is 35.9 Å². The Morgan fingerprint density at radius 3 is 2.82 bits per heavy atom. The zero-order valence-electron chi connectivity index (χ0n) is 14.8. The Labute approximate surface area is 158 Å². The Bertz CT molecular complexity index is 1370. The number of nitrogens with zero attached hydrogens (tertiary/aromatic N) is 6. The Kier molecular flexibility index (Phi) is 3.41. The summed E-state index contributed by atoms with van der Waals surface area (Å²) in [5.74, 6) is 0.476. The molecule has 0 aliphatic rings. The molecular weight excluding hydrogens is 356 g/mol. The zero-order chi connectivity index (χ0) is 19.3. The van der Waals surface area contributed by atoms with E-state index >= 15 is 0 Å². The minimum Gasteiger partial charge on any atom is -0.364 e. The molecule has 0 aromatic carbocycles. The van der Waals surface area contributed by atoms with Gasteiger partial charge in [-0.25, -0.2) is 19.9 Å². The maximum atomic E-state index is 11.7. The molecule has 9 nitrogen and oxygen atoms in total. The van der Waals surface area contributed by atoms with Crippen LogP contribution >= 0.6 is 0 Å². The Morgan fingerprint density at radius 2 is 2.00 bits per heavy atom. The summed E-state index contributed by atoms with van der Waals surface area (Å²) in [6, 6.07) is 9.27. The van der Waals surface area contributed by atoms with E-state index in [0.717, 1.165) is 11.2 Å². The number of imidazole rings is 1. The van der Waals surface area contributed by atoms with E-state index in [1.165, 1.54) is 0 Å². The molecule has 0 fully saturated rings. The van der Waals surface area contributed by atoms with Crippen LogP contribution < -0.4 is 5.73 Å². The number of aryl methyl sites for hydroxylation is 1. The number of hydrogen-bond donors (Lipinski definition) is 2. The molecule has 28 heavy (non-hydrogen) atoms. The van der Waals surface area contributed by atoms with Gasteiger partial charge in [0.05, 0.1) is 11.8 Å². The molecule has 5 aromatic rings. The Morgan fingerprint density at radius 1 is 1.11 bits per heavy atom. The second-order valence-corrected chi connectivity index (χ2v) is 6.28. The van der Waals surface area contributed by atoms with Crippen molar-refractivity contribution in [1.82, 2.24) is 34.5 Å². The molecule has 3 N–H and O–H groups in total. The molecule has 0 unspecified atom stereocenters. The number of carbonyl (C=O) groups excluding carboxylic acids is 1. The Hall–Kier alpha value is -4.14. The number of primary amides is 1. The molecule has 0 aliphatic heterocycles. The maximum absolute atomic E-state index is 11.7. The fourth-order valence-electron chi connectivity index (χ4n) is 3.22. The SMILES string of the molecule is Cc1cccc(-c2nc(-n3ccc4c(C(N)=O)nccc43)c3[nH]cnc3n2)n1. The third-order valence-corrected chi connectivity index (χ3v) is 4.46. The number of rotatable bonds is 3. The van der Waals surface area contributed by atoms with E-state index in [-0.39, 0.29) is 5.69 Å². The fraction of sp³-hybridized carbons (Fsp3) is 0.0526. The molecule has 0 aliphatic carbocycles. The van der Waals surface area contributed by atoms with Gasteiger partial charge in [-0.2, -0.15) is 0 Å². The van der Waals surface area contributed by atoms with Gasteiger partial charge >= 0.3 is 0 Å². The molecule has 5 heterocycles. The topological polar surface area (TPSA) is 128 Å². The standard InChI is InChI=1S/C19H14N8O/c1-10-3-2-4-12(24-10)17-25-18-15(22-9-23-18)19(26-17)27-8-6-11-13(27)5-7-21-14(11)16(20)28/h2-9H,1H3,(H2,20,28)(H,22,23,25,26). The predicted molar refractivity (Wildman–Crippen MR) is 103 cm³/mol. The van der Waals surface area contributed by atoms with Gasteiger partial charge in [-0.15, -0.1) is 0 Å². The van der Waals surface area contributed by atoms with Crippen LogP contribution in [0.1, 0.15) is 16.2 Å². The van der Waals surface area contributed by atoms with Crippen LogP contribution in [0.2, 0.25) is 0 Å². The van der Waals surface area contributed by atoms with E-state index in [0.29, 0.717) is 33.9 Å². The number of aromatic amines is 1. The van der Waals surface area contributed by atoms with Crippen LogP contribution in [0.15, 0.2) is 49.1 Å². The van der Waals surface area contributed by atoms with E-state index < -0.39 is 5.91 Å². The summed E-state index contributed by atoms with van der Waals surface area (Å²) in [5, 5.41) is 0.650. The molecule has 0 radical (unpaired) electrons. The molecule has 0 bridgehead atoms. The van der Waals surface area contributed by atoms with Gasteiger partial charge in [-0.1, -0.05) is 6.07 Å². The largest absolute Gasteiger partial charge is 0.364 e. The summed E-state index contributed by atoms with van der Waals surface area (Å²) < 4.78 is 1.85. The van der Waals surface area contributed by atoms with Crippen LogP contribution in [0.5, 0.6) is 0 Å². The van der Waals surface area contributed by atoms with Gasteiger partial charge in [0.25, 0.3) is 5.91 Å². The molecule has 0 atom stereocenters. The van der Waals surface area contributed by atoms with Crippen molar-refractivity contribution in [1.29, 1.82) is 0 Å². The van der Waals surface area contributed by atoms with Crippen molar-refractivity contribution in [3.63, 3.8) is 0 Å². The monoisotopic (exact) mass is 370 g/mol. The third kappa shape index (κ3) is 2.41. The molecule has 136 valence electrons. The van der Waals surface area contributed by atoms with E-state index in [2.05, 4.69) is 24.9 Å². The zero-order valence-corrected chi connectivity index (χ0v) is 14.8. The summed E-state index contributed by atoms with van der Waals surface area (Å²) in [6.07, 6.45) is 4.93. The van der Waals surface area contributed by atoms with Gasteiger partial charge in [0.15, 0.2) is 17.3 Å². The molecule has 1 amide bonds. The Balaban J connectivity index is 1.80. The summed E-state index contributed by atoms with van der Waals surface area (Å²) in [6.45, 7) is 1.91. The van der Waals surface area contributed by atoms with Crippen LogP contribution in [0.4, 0.5) is 0 Å². The van der Waals surface area contributed by atoms with Gasteiger partial charge in [0.2, 0.25) is 0 Å². The second kappa shape index (κ2) is 5.95. The normalized spacial score (nSPS) is 11.3. The summed E-state index contributed by atoms with van der Waals surface area (Å²) in [7, 11) is 0. The number of carbonyl (C=O) groups is 1. The molecule has 5 rings (SSSR count). The fourth-order valence-corrected chi connectivity index (χ4v) is 3.22. The summed E-state index contributed by atoms with van der Waals surface area (Å²) >= 11 is 0. The number of pyridine rings is 2. The van der Waals surface area contributed by atoms with Crippen LogP contribution in [0.3, 0.4) is 0 Å². The van der Waals surface area contributed by atoms with Crippen molar-refractivity contribution in [3.8, 4) is 17.3 Å². The van der Waals surface area contributed by atoms with E-state index in [1.54, 1.807) is 24.7 Å². The number of H-pyrrole nitrogens is 1. The first-order chi connectivity index (χ1) is 13.6. The lowest BCUT2D eigenvalue weighted by atomic mass is 10.2. The van der Waals surface area contributed by atoms with Gasteiger partial charge in [-0.05, 0) is 31.2 Å². The lowest BCUT2D eigenvalue weighted by Crippen LogP contribution is -2.13. The minimum atomic E-state index is -0.581. The number of fused-ring (bicyclic) bond motifs is 2. The molecule has 9 heteroatoms. The third-order valence-electron chi connectivity index (χ3n) is 4.46. The second-order valence-electron chi connectivity index (χ2n) is 6.28. The van der Waals surface area contributed by atoms with Gasteiger partial charge < -0.3 is 10.7 Å². The molecule has 0 spiro atoms. The van der Waals surface area contributed by atoms with Gasteiger partial charge in [-0.3, -0.25) is 14.3 Å². The average Bonchev–Trinajstić information content (AvgIpc) is 3.33. The van der Waals surface area contributed by atoms with Crippen molar-refractivity contribution in [2.75, 3.05) is 0 Å². The lowest BCUT2D eigenvalue weighted by Gasteiger charge is -2.08. The highest BCUT2D eigenvalue weighted by atomic mass is 16.1. The first-order valence-corrected chi connectivity index (χ1v) is 8.53. The van der Waals surface area contributed by atoms with Crippen LogP contribution in [0.25, 0.3) is 39.4 Å². The molecule has 0 saturated heterocycles. The minimum absolute atomic E-state index is 0.215. The van der Waals surface area contributed by atoms with E-state index in [9.17, 15) is 4.79 Å². The lowest BCUT2D eigenvalue weighted by molar-refractivity contribution is 0.0997. The van der Waals surface area contributed by atoms with Crippen molar-refractivity contribution in [2.24, 2.45) is 5.73 Å². The highest BCUT2D eigenvalue weighted by Crippen LogP contribution is 2.26. The maximum Gasteiger partial charge on any atom is 0.268 e. The van der Waals surface area contributed by atoms with Gasteiger partial charge in [0.1, 0.15) is 16.9 Å². The van der Waals surface area contributed by atoms with Crippen molar-refractivity contribution in [3.05, 3.63) is 60.4 Å².